The number of hydrogen-bond acceptors (Lipinski definition) is 1. The van der Waals surface area contributed by atoms with E-state index in [0.29, 0.717) is 5.92 Å². The number of nitrogens with two attached hydrogens (primary N) is 1. The van der Waals surface area contributed by atoms with Gasteiger partial charge in [0.2, 0.25) is 0 Å². The zero-order chi connectivity index (χ0) is 23.4. The Morgan fingerprint density at radius 1 is 0.441 bits per heavy atom. The van der Waals surface area contributed by atoms with Crippen LogP contribution in [0.3, 0.4) is 0 Å². The van der Waals surface area contributed by atoms with Crippen molar-refractivity contribution >= 4 is 37.1 Å². The largest absolute Gasteiger partial charge is 0.330 e. The van der Waals surface area contributed by atoms with Crippen molar-refractivity contribution in [2.75, 3.05) is 18.9 Å². The minimum atomic E-state index is -0.343. The number of hydrogen-bond donors (Lipinski definition) is 1. The van der Waals surface area contributed by atoms with Crippen molar-refractivity contribution in [2.45, 2.75) is 19.3 Å². The maximum absolute atomic E-state index is 6.10. The van der Waals surface area contributed by atoms with Crippen molar-refractivity contribution in [3.05, 3.63) is 121 Å². The third kappa shape index (κ3) is 7.10. The lowest BCUT2D eigenvalue weighted by Crippen LogP contribution is -2.19. The fourth-order valence-corrected chi connectivity index (χ4v) is 9.54. The smallest absolute Gasteiger partial charge is 0.00746 e. The minimum Gasteiger partial charge on any atom is -0.330 e. The van der Waals surface area contributed by atoms with Gasteiger partial charge in [-0.2, -0.15) is 0 Å². The highest BCUT2D eigenvalue weighted by Crippen LogP contribution is 2.39. The first kappa shape index (κ1) is 24.8. The first-order valence-corrected chi connectivity index (χ1v) is 15.4. The van der Waals surface area contributed by atoms with Crippen molar-refractivity contribution in [3.63, 3.8) is 0 Å². The highest BCUT2D eigenvalue weighted by molar-refractivity contribution is 7.73. The summed E-state index contributed by atoms with van der Waals surface area (Å²) in [7, 11) is -0.687. The van der Waals surface area contributed by atoms with E-state index in [4.69, 9.17) is 5.73 Å². The van der Waals surface area contributed by atoms with Gasteiger partial charge in [0, 0.05) is 0 Å². The Morgan fingerprint density at radius 2 is 0.735 bits per heavy atom. The third-order valence-electron chi connectivity index (χ3n) is 6.37. The van der Waals surface area contributed by atoms with Crippen LogP contribution in [0.25, 0.3) is 0 Å². The lowest BCUT2D eigenvalue weighted by atomic mass is 10.00. The van der Waals surface area contributed by atoms with Crippen molar-refractivity contribution in [2.24, 2.45) is 11.7 Å². The van der Waals surface area contributed by atoms with Crippen LogP contribution in [-0.4, -0.2) is 18.9 Å². The van der Waals surface area contributed by atoms with E-state index in [1.54, 1.807) is 0 Å². The molecule has 0 heterocycles. The molecular formula is C31H35NP2. The molecule has 2 N–H and O–H groups in total. The van der Waals surface area contributed by atoms with Gasteiger partial charge in [0.1, 0.15) is 0 Å². The monoisotopic (exact) mass is 483 g/mol. The standard InChI is InChI=1S/C31H35NP2/c32-24-21-27(22-25-33(28-13-5-1-6-14-28)29-15-7-2-8-16-29)23-26-34(30-17-9-3-10-18-30)31-19-11-4-12-20-31/h1-20,27H,21-26,32H2. The molecule has 174 valence electrons. The van der Waals surface area contributed by atoms with E-state index in [0.717, 1.165) is 13.0 Å². The van der Waals surface area contributed by atoms with E-state index in [2.05, 4.69) is 121 Å². The van der Waals surface area contributed by atoms with Crippen LogP contribution in [0.1, 0.15) is 19.3 Å². The predicted molar refractivity (Wildman–Crippen MR) is 154 cm³/mol. The summed E-state index contributed by atoms with van der Waals surface area (Å²) in [6.45, 7) is 0.772. The van der Waals surface area contributed by atoms with Gasteiger partial charge < -0.3 is 5.73 Å². The van der Waals surface area contributed by atoms with E-state index in [1.165, 1.54) is 46.4 Å². The topological polar surface area (TPSA) is 26.0 Å². The molecule has 3 heteroatoms. The number of benzene rings is 4. The summed E-state index contributed by atoms with van der Waals surface area (Å²) in [5, 5.41) is 5.91. The fraction of sp³-hybridized carbons (Fsp3) is 0.226. The second kappa shape index (κ2) is 13.6. The molecule has 0 fully saturated rings. The molecule has 0 atom stereocenters. The molecule has 0 spiro atoms. The summed E-state index contributed by atoms with van der Waals surface area (Å²) < 4.78 is 0. The molecule has 0 bridgehead atoms. The Labute approximate surface area is 207 Å². The fourth-order valence-electron chi connectivity index (χ4n) is 4.54. The lowest BCUT2D eigenvalue weighted by molar-refractivity contribution is 0.468. The Kier molecular flexibility index (Phi) is 9.89. The van der Waals surface area contributed by atoms with Crippen LogP contribution >= 0.6 is 15.8 Å². The molecule has 4 aromatic rings. The molecule has 4 aromatic carbocycles. The van der Waals surface area contributed by atoms with Gasteiger partial charge in [0.05, 0.1) is 0 Å². The van der Waals surface area contributed by atoms with Gasteiger partial charge in [-0.1, -0.05) is 121 Å². The molecule has 0 saturated heterocycles. The Balaban J connectivity index is 1.48. The maximum Gasteiger partial charge on any atom is -0.00746 e. The Bertz CT molecular complexity index is 905. The van der Waals surface area contributed by atoms with Gasteiger partial charge in [0.25, 0.3) is 0 Å². The van der Waals surface area contributed by atoms with Crippen molar-refractivity contribution in [1.29, 1.82) is 0 Å². The zero-order valence-electron chi connectivity index (χ0n) is 19.8. The van der Waals surface area contributed by atoms with Gasteiger partial charge in [-0.3, -0.25) is 0 Å². The maximum atomic E-state index is 6.10. The van der Waals surface area contributed by atoms with Crippen LogP contribution in [0, 0.1) is 5.92 Å². The van der Waals surface area contributed by atoms with Gasteiger partial charge >= 0.3 is 0 Å². The summed E-state index contributed by atoms with van der Waals surface area (Å²) in [4.78, 5) is 0. The van der Waals surface area contributed by atoms with Crippen LogP contribution < -0.4 is 27.0 Å². The van der Waals surface area contributed by atoms with Gasteiger partial charge in [-0.05, 0) is 81.1 Å². The molecule has 0 aliphatic heterocycles. The SMILES string of the molecule is NCCC(CCP(c1ccccc1)c1ccccc1)CCP(c1ccccc1)c1ccccc1. The summed E-state index contributed by atoms with van der Waals surface area (Å²) in [6.07, 6.45) is 6.03. The van der Waals surface area contributed by atoms with Crippen molar-refractivity contribution in [3.8, 4) is 0 Å². The molecule has 0 aromatic heterocycles. The molecule has 4 rings (SSSR count). The highest BCUT2D eigenvalue weighted by Gasteiger charge is 2.19. The molecule has 0 aliphatic carbocycles. The van der Waals surface area contributed by atoms with Crippen LogP contribution in [0.15, 0.2) is 121 Å². The summed E-state index contributed by atoms with van der Waals surface area (Å²) >= 11 is 0. The normalized spacial score (nSPS) is 11.4. The van der Waals surface area contributed by atoms with E-state index in [-0.39, 0.29) is 15.8 Å². The van der Waals surface area contributed by atoms with Crippen LogP contribution in [0.5, 0.6) is 0 Å². The lowest BCUT2D eigenvalue weighted by Gasteiger charge is -2.25. The molecule has 0 amide bonds. The highest BCUT2D eigenvalue weighted by atomic mass is 31.1. The van der Waals surface area contributed by atoms with E-state index >= 15 is 0 Å². The molecular weight excluding hydrogens is 448 g/mol. The van der Waals surface area contributed by atoms with Crippen molar-refractivity contribution in [1.82, 2.24) is 0 Å². The Morgan fingerprint density at radius 3 is 1.00 bits per heavy atom. The van der Waals surface area contributed by atoms with Crippen LogP contribution in [0.2, 0.25) is 0 Å². The minimum absolute atomic E-state index is 0.343. The molecule has 0 saturated carbocycles. The first-order valence-electron chi connectivity index (χ1n) is 12.3. The Hall–Kier alpha value is -2.30. The summed E-state index contributed by atoms with van der Waals surface area (Å²) in [5.41, 5.74) is 6.10. The second-order valence-electron chi connectivity index (χ2n) is 8.67. The van der Waals surface area contributed by atoms with Crippen LogP contribution in [-0.2, 0) is 0 Å². The zero-order valence-corrected chi connectivity index (χ0v) is 21.6. The number of rotatable bonds is 12. The van der Waals surface area contributed by atoms with Crippen LogP contribution in [0.4, 0.5) is 0 Å². The summed E-state index contributed by atoms with van der Waals surface area (Å²) in [5.74, 6) is 0.667. The van der Waals surface area contributed by atoms with E-state index in [1.807, 2.05) is 0 Å². The predicted octanol–water partition coefficient (Wildman–Crippen LogP) is 6.00. The van der Waals surface area contributed by atoms with E-state index < -0.39 is 0 Å². The first-order chi connectivity index (χ1) is 16.8. The van der Waals surface area contributed by atoms with Gasteiger partial charge in [-0.15, -0.1) is 0 Å². The average Bonchev–Trinajstić information content (AvgIpc) is 2.91. The molecule has 34 heavy (non-hydrogen) atoms. The molecule has 0 aliphatic rings. The van der Waals surface area contributed by atoms with E-state index in [9.17, 15) is 0 Å². The third-order valence-corrected chi connectivity index (χ3v) is 11.5. The average molecular weight is 484 g/mol. The molecule has 0 radical (unpaired) electrons. The molecule has 1 nitrogen and oxygen atoms in total. The van der Waals surface area contributed by atoms with Gasteiger partial charge in [-0.25, -0.2) is 0 Å². The van der Waals surface area contributed by atoms with Crippen molar-refractivity contribution < 1.29 is 0 Å². The molecule has 0 unspecified atom stereocenters. The second-order valence-corrected chi connectivity index (χ2v) is 13.3. The quantitative estimate of drug-likeness (QED) is 0.246. The van der Waals surface area contributed by atoms with Gasteiger partial charge in [0.15, 0.2) is 0 Å². The summed E-state index contributed by atoms with van der Waals surface area (Å²) in [6, 6.07) is 44.4.